The van der Waals surface area contributed by atoms with Gasteiger partial charge >= 0.3 is 0 Å². The summed E-state index contributed by atoms with van der Waals surface area (Å²) in [5.41, 5.74) is 0.829. The van der Waals surface area contributed by atoms with Crippen LogP contribution in [0.2, 0.25) is 0 Å². The molecular weight excluding hydrogens is 185 g/mol. The molecule has 0 bridgehead atoms. The third-order valence-corrected chi connectivity index (χ3v) is 1.89. The number of rotatable bonds is 3. The van der Waals surface area contributed by atoms with E-state index in [1.165, 1.54) is 17.0 Å². The predicted octanol–water partition coefficient (Wildman–Crippen LogP) is 0.776. The summed E-state index contributed by atoms with van der Waals surface area (Å²) < 4.78 is 12.5. The number of likely N-dealkylation sites (N-methyl/N-ethyl adjacent to an activating group) is 1. The van der Waals surface area contributed by atoms with Gasteiger partial charge < -0.3 is 10.0 Å². The van der Waals surface area contributed by atoms with Crippen LogP contribution in [0.15, 0.2) is 24.3 Å². The van der Waals surface area contributed by atoms with E-state index >= 15 is 0 Å². The zero-order chi connectivity index (χ0) is 10.6. The lowest BCUT2D eigenvalue weighted by atomic mass is 10.2. The van der Waals surface area contributed by atoms with Crippen molar-refractivity contribution in [2.24, 2.45) is 0 Å². The number of hydrogen-bond acceptors (Lipinski definition) is 2. The van der Waals surface area contributed by atoms with E-state index < -0.39 is 6.61 Å². The molecule has 76 valence electrons. The molecule has 1 N–H and O–H groups in total. The summed E-state index contributed by atoms with van der Waals surface area (Å²) in [7, 11) is 1.59. The first-order valence-electron chi connectivity index (χ1n) is 4.22. The van der Waals surface area contributed by atoms with Crippen molar-refractivity contribution in [2.75, 3.05) is 13.7 Å². The second-order valence-corrected chi connectivity index (χ2v) is 3.03. The smallest absolute Gasteiger partial charge is 0.248 e. The van der Waals surface area contributed by atoms with Gasteiger partial charge in [0.25, 0.3) is 0 Å². The van der Waals surface area contributed by atoms with Gasteiger partial charge in [0.2, 0.25) is 5.91 Å². The van der Waals surface area contributed by atoms with Gasteiger partial charge in [-0.3, -0.25) is 4.79 Å². The number of hydrogen-bond donors (Lipinski definition) is 1. The van der Waals surface area contributed by atoms with Crippen LogP contribution in [0.5, 0.6) is 0 Å². The third kappa shape index (κ3) is 2.81. The molecule has 1 aromatic rings. The standard InChI is InChI=1S/C10H12FNO2/c1-12(10(14)7-13)6-8-2-4-9(11)5-3-8/h2-5,13H,6-7H2,1H3. The van der Waals surface area contributed by atoms with Crippen LogP contribution in [0.3, 0.4) is 0 Å². The summed E-state index contributed by atoms with van der Waals surface area (Å²) in [4.78, 5) is 12.4. The Morgan fingerprint density at radius 2 is 2.00 bits per heavy atom. The first kappa shape index (κ1) is 10.7. The van der Waals surface area contributed by atoms with Crippen molar-refractivity contribution in [1.29, 1.82) is 0 Å². The van der Waals surface area contributed by atoms with E-state index in [1.807, 2.05) is 0 Å². The van der Waals surface area contributed by atoms with Crippen molar-refractivity contribution >= 4 is 5.91 Å². The van der Waals surface area contributed by atoms with Crippen LogP contribution in [0.4, 0.5) is 4.39 Å². The minimum absolute atomic E-state index is 0.301. The molecule has 1 amide bonds. The molecule has 4 heteroatoms. The molecule has 0 aliphatic rings. The summed E-state index contributed by atoms with van der Waals surface area (Å²) in [5, 5.41) is 8.58. The number of aliphatic hydroxyl groups excluding tert-OH is 1. The number of aliphatic hydroxyl groups is 1. The molecule has 0 radical (unpaired) electrons. The topological polar surface area (TPSA) is 40.5 Å². The Labute approximate surface area is 81.8 Å². The fourth-order valence-electron chi connectivity index (χ4n) is 1.07. The van der Waals surface area contributed by atoms with Crippen molar-refractivity contribution in [3.8, 4) is 0 Å². The number of nitrogens with zero attached hydrogens (tertiary/aromatic N) is 1. The normalized spacial score (nSPS) is 9.93. The highest BCUT2D eigenvalue weighted by atomic mass is 19.1. The maximum atomic E-state index is 12.5. The first-order chi connectivity index (χ1) is 6.63. The zero-order valence-corrected chi connectivity index (χ0v) is 7.90. The lowest BCUT2D eigenvalue weighted by Crippen LogP contribution is -2.28. The van der Waals surface area contributed by atoms with Gasteiger partial charge in [0.05, 0.1) is 0 Å². The van der Waals surface area contributed by atoms with Gasteiger partial charge in [-0.15, -0.1) is 0 Å². The van der Waals surface area contributed by atoms with Crippen LogP contribution in [-0.2, 0) is 11.3 Å². The van der Waals surface area contributed by atoms with Gasteiger partial charge in [-0.25, -0.2) is 4.39 Å². The van der Waals surface area contributed by atoms with E-state index in [0.717, 1.165) is 5.56 Å². The second-order valence-electron chi connectivity index (χ2n) is 3.03. The maximum Gasteiger partial charge on any atom is 0.248 e. The summed E-state index contributed by atoms with van der Waals surface area (Å²) in [6.45, 7) is -0.128. The van der Waals surface area contributed by atoms with E-state index in [0.29, 0.717) is 6.54 Å². The molecule has 0 saturated carbocycles. The fraction of sp³-hybridized carbons (Fsp3) is 0.300. The molecule has 0 aliphatic heterocycles. The molecule has 0 fully saturated rings. The molecule has 0 aliphatic carbocycles. The fourth-order valence-corrected chi connectivity index (χ4v) is 1.07. The van der Waals surface area contributed by atoms with E-state index in [4.69, 9.17) is 5.11 Å². The second kappa shape index (κ2) is 4.72. The Kier molecular flexibility index (Phi) is 3.59. The molecule has 0 atom stereocenters. The molecule has 0 heterocycles. The third-order valence-electron chi connectivity index (χ3n) is 1.89. The average Bonchev–Trinajstić information content (AvgIpc) is 2.20. The average molecular weight is 197 g/mol. The van der Waals surface area contributed by atoms with Gasteiger partial charge in [-0.1, -0.05) is 12.1 Å². The molecular formula is C10H12FNO2. The highest BCUT2D eigenvalue weighted by molar-refractivity contribution is 5.76. The lowest BCUT2D eigenvalue weighted by molar-refractivity contribution is -0.133. The van der Waals surface area contributed by atoms with Crippen LogP contribution >= 0.6 is 0 Å². The minimum Gasteiger partial charge on any atom is -0.387 e. The Morgan fingerprint density at radius 1 is 1.43 bits per heavy atom. The monoisotopic (exact) mass is 197 g/mol. The Bertz CT molecular complexity index is 310. The van der Waals surface area contributed by atoms with Crippen molar-refractivity contribution < 1.29 is 14.3 Å². The highest BCUT2D eigenvalue weighted by Gasteiger charge is 2.06. The zero-order valence-electron chi connectivity index (χ0n) is 7.90. The summed E-state index contributed by atoms with van der Waals surface area (Å²) >= 11 is 0. The maximum absolute atomic E-state index is 12.5. The van der Waals surface area contributed by atoms with Crippen molar-refractivity contribution in [3.63, 3.8) is 0 Å². The molecule has 1 aromatic carbocycles. The van der Waals surface area contributed by atoms with Gasteiger partial charge in [-0.2, -0.15) is 0 Å². The molecule has 1 rings (SSSR count). The summed E-state index contributed by atoms with van der Waals surface area (Å²) in [6, 6.07) is 5.90. The van der Waals surface area contributed by atoms with Crippen LogP contribution in [0, 0.1) is 5.82 Å². The lowest BCUT2D eigenvalue weighted by Gasteiger charge is -2.15. The van der Waals surface area contributed by atoms with E-state index in [2.05, 4.69) is 0 Å². The van der Waals surface area contributed by atoms with Gasteiger partial charge in [-0.05, 0) is 17.7 Å². The van der Waals surface area contributed by atoms with E-state index in [-0.39, 0.29) is 11.7 Å². The van der Waals surface area contributed by atoms with Crippen LogP contribution in [-0.4, -0.2) is 29.6 Å². The Balaban J connectivity index is 2.60. The first-order valence-corrected chi connectivity index (χ1v) is 4.22. The Hall–Kier alpha value is -1.42. The van der Waals surface area contributed by atoms with Crippen molar-refractivity contribution in [3.05, 3.63) is 35.6 Å². The van der Waals surface area contributed by atoms with Gasteiger partial charge in [0.15, 0.2) is 0 Å². The van der Waals surface area contributed by atoms with E-state index in [9.17, 15) is 9.18 Å². The quantitative estimate of drug-likeness (QED) is 0.777. The Morgan fingerprint density at radius 3 is 2.50 bits per heavy atom. The number of benzene rings is 1. The predicted molar refractivity (Wildman–Crippen MR) is 50.0 cm³/mol. The summed E-state index contributed by atoms with van der Waals surface area (Å²) in [6.07, 6.45) is 0. The van der Waals surface area contributed by atoms with Gasteiger partial charge in [0.1, 0.15) is 12.4 Å². The molecule has 0 aromatic heterocycles. The van der Waals surface area contributed by atoms with Crippen LogP contribution in [0.25, 0.3) is 0 Å². The number of amides is 1. The van der Waals surface area contributed by atoms with Crippen LogP contribution in [0.1, 0.15) is 5.56 Å². The van der Waals surface area contributed by atoms with Crippen molar-refractivity contribution in [2.45, 2.75) is 6.54 Å². The summed E-state index contributed by atoms with van der Waals surface area (Å²) in [5.74, 6) is -0.654. The molecule has 14 heavy (non-hydrogen) atoms. The van der Waals surface area contributed by atoms with Crippen molar-refractivity contribution in [1.82, 2.24) is 4.90 Å². The molecule has 0 unspecified atom stereocenters. The number of carbonyl (C=O) groups is 1. The SMILES string of the molecule is CN(Cc1ccc(F)cc1)C(=O)CO. The largest absolute Gasteiger partial charge is 0.387 e. The number of halogens is 1. The molecule has 3 nitrogen and oxygen atoms in total. The minimum atomic E-state index is -0.502. The van der Waals surface area contributed by atoms with Crippen LogP contribution < -0.4 is 0 Å². The number of carbonyl (C=O) groups excluding carboxylic acids is 1. The molecule has 0 spiro atoms. The van der Waals surface area contributed by atoms with Gasteiger partial charge in [0, 0.05) is 13.6 Å². The van der Waals surface area contributed by atoms with E-state index in [1.54, 1.807) is 19.2 Å². The highest BCUT2D eigenvalue weighted by Crippen LogP contribution is 2.05. The molecule has 0 saturated heterocycles.